The molecule has 0 aliphatic heterocycles. The Kier molecular flexibility index (Phi) is 6.88. The Morgan fingerprint density at radius 1 is 0.964 bits per heavy atom. The first-order valence-electron chi connectivity index (χ1n) is 8.54. The van der Waals surface area contributed by atoms with Gasteiger partial charge in [0.05, 0.1) is 11.4 Å². The van der Waals surface area contributed by atoms with Crippen LogP contribution in [0.25, 0.3) is 10.8 Å². The molecule has 0 atom stereocenters. The van der Waals surface area contributed by atoms with Crippen LogP contribution >= 0.6 is 35.1 Å². The number of hydrogen-bond donors (Lipinski definition) is 1. The Morgan fingerprint density at radius 3 is 2.39 bits per heavy atom. The van der Waals surface area contributed by atoms with Crippen LogP contribution in [0.3, 0.4) is 0 Å². The van der Waals surface area contributed by atoms with Crippen molar-refractivity contribution >= 4 is 62.7 Å². The van der Waals surface area contributed by atoms with Gasteiger partial charge < -0.3 is 10.2 Å². The van der Waals surface area contributed by atoms with Crippen molar-refractivity contribution < 1.29 is 9.59 Å². The van der Waals surface area contributed by atoms with E-state index in [1.165, 1.54) is 16.7 Å². The molecule has 0 fully saturated rings. The fourth-order valence-corrected chi connectivity index (χ4v) is 4.55. The van der Waals surface area contributed by atoms with Gasteiger partial charge in [-0.15, -0.1) is 11.8 Å². The van der Waals surface area contributed by atoms with E-state index in [0.717, 1.165) is 27.4 Å². The van der Waals surface area contributed by atoms with Gasteiger partial charge in [0.15, 0.2) is 0 Å². The second-order valence-electron chi connectivity index (χ2n) is 6.19. The average molecular weight is 431 g/mol. The van der Waals surface area contributed by atoms with Crippen LogP contribution < -0.4 is 5.32 Å². The molecule has 0 unspecified atom stereocenters. The van der Waals surface area contributed by atoms with Crippen LogP contribution in [0.5, 0.6) is 0 Å². The normalized spacial score (nSPS) is 10.7. The molecule has 0 saturated carbocycles. The molecule has 144 valence electrons. The minimum atomic E-state index is -0.139. The lowest BCUT2D eigenvalue weighted by molar-refractivity contribution is -0.113. The Labute approximate surface area is 177 Å². The van der Waals surface area contributed by atoms with Gasteiger partial charge in [-0.25, -0.2) is 0 Å². The SMILES string of the molecule is CN(C)C(=O)Sc1ccccc1NC(=O)CSc1cccc2cccc(Cl)c12. The van der Waals surface area contributed by atoms with Crippen molar-refractivity contribution in [3.63, 3.8) is 0 Å². The molecule has 0 heterocycles. The first-order chi connectivity index (χ1) is 13.5. The van der Waals surface area contributed by atoms with E-state index < -0.39 is 0 Å². The predicted octanol–water partition coefficient (Wildman–Crippen LogP) is 6.00. The molecular formula is C21H19ClN2O2S2. The van der Waals surface area contributed by atoms with Gasteiger partial charge in [0.25, 0.3) is 5.24 Å². The third-order valence-corrected chi connectivity index (χ3v) is 6.39. The van der Waals surface area contributed by atoms with Crippen LogP contribution in [0.15, 0.2) is 70.5 Å². The van der Waals surface area contributed by atoms with E-state index in [-0.39, 0.29) is 16.9 Å². The van der Waals surface area contributed by atoms with Crippen molar-refractivity contribution in [3.8, 4) is 0 Å². The quantitative estimate of drug-likeness (QED) is 0.504. The van der Waals surface area contributed by atoms with E-state index in [0.29, 0.717) is 15.6 Å². The largest absolute Gasteiger partial charge is 0.339 e. The van der Waals surface area contributed by atoms with Crippen LogP contribution in [0, 0.1) is 0 Å². The summed E-state index contributed by atoms with van der Waals surface area (Å²) in [5.74, 6) is 0.102. The number of nitrogens with one attached hydrogen (secondary N) is 1. The Balaban J connectivity index is 1.70. The van der Waals surface area contributed by atoms with Gasteiger partial charge in [-0.2, -0.15) is 0 Å². The molecule has 1 N–H and O–H groups in total. The summed E-state index contributed by atoms with van der Waals surface area (Å²) in [4.78, 5) is 27.7. The third-order valence-electron chi connectivity index (χ3n) is 3.90. The molecule has 3 aromatic rings. The molecule has 0 radical (unpaired) electrons. The molecule has 3 aromatic carbocycles. The van der Waals surface area contributed by atoms with Gasteiger partial charge in [0.2, 0.25) is 5.91 Å². The number of amides is 2. The van der Waals surface area contributed by atoms with Crippen molar-refractivity contribution in [1.29, 1.82) is 0 Å². The highest BCUT2D eigenvalue weighted by atomic mass is 35.5. The number of nitrogens with zero attached hydrogens (tertiary/aromatic N) is 1. The highest BCUT2D eigenvalue weighted by molar-refractivity contribution is 8.13. The minimum Gasteiger partial charge on any atom is -0.339 e. The molecule has 0 aliphatic rings. The second kappa shape index (κ2) is 9.37. The Bertz CT molecular complexity index is 1020. The smallest absolute Gasteiger partial charge is 0.286 e. The predicted molar refractivity (Wildman–Crippen MR) is 120 cm³/mol. The van der Waals surface area contributed by atoms with E-state index in [1.807, 2.05) is 54.6 Å². The summed E-state index contributed by atoms with van der Waals surface area (Å²) < 4.78 is 0. The van der Waals surface area contributed by atoms with Gasteiger partial charge in [-0.1, -0.05) is 48.0 Å². The first-order valence-corrected chi connectivity index (χ1v) is 10.7. The molecule has 0 bridgehead atoms. The van der Waals surface area contributed by atoms with Crippen LogP contribution in [0.2, 0.25) is 5.02 Å². The van der Waals surface area contributed by atoms with Crippen LogP contribution in [-0.2, 0) is 4.79 Å². The van der Waals surface area contributed by atoms with Gasteiger partial charge in [-0.05, 0) is 41.4 Å². The van der Waals surface area contributed by atoms with E-state index >= 15 is 0 Å². The minimum absolute atomic E-state index is 0.0959. The lowest BCUT2D eigenvalue weighted by atomic mass is 10.1. The summed E-state index contributed by atoms with van der Waals surface area (Å²) in [7, 11) is 3.39. The standard InChI is InChI=1S/C21H19ClN2O2S2/c1-24(2)21(26)28-17-11-4-3-10-16(17)23-19(25)13-27-18-12-6-8-14-7-5-9-15(22)20(14)18/h3-12H,13H2,1-2H3,(H,23,25). The molecule has 3 rings (SSSR count). The number of carbonyl (C=O) groups excluding carboxylic acids is 2. The van der Waals surface area contributed by atoms with Crippen molar-refractivity contribution in [1.82, 2.24) is 4.90 Å². The van der Waals surface area contributed by atoms with Crippen molar-refractivity contribution in [2.75, 3.05) is 25.2 Å². The summed E-state index contributed by atoms with van der Waals surface area (Å²) in [6, 6.07) is 19.0. The zero-order chi connectivity index (χ0) is 20.1. The number of anilines is 1. The van der Waals surface area contributed by atoms with Crippen molar-refractivity contribution in [2.45, 2.75) is 9.79 Å². The van der Waals surface area contributed by atoms with Gasteiger partial charge >= 0.3 is 0 Å². The molecular weight excluding hydrogens is 412 g/mol. The summed E-state index contributed by atoms with van der Waals surface area (Å²) in [5, 5.41) is 5.48. The molecule has 0 spiro atoms. The number of rotatable bonds is 5. The summed E-state index contributed by atoms with van der Waals surface area (Å²) in [6.45, 7) is 0. The maximum Gasteiger partial charge on any atom is 0.286 e. The highest BCUT2D eigenvalue weighted by Crippen LogP contribution is 2.33. The first kappa shape index (κ1) is 20.6. The highest BCUT2D eigenvalue weighted by Gasteiger charge is 2.13. The summed E-state index contributed by atoms with van der Waals surface area (Å²) in [5.41, 5.74) is 0.629. The Hall–Kier alpha value is -2.15. The molecule has 0 saturated heterocycles. The van der Waals surface area contributed by atoms with E-state index in [4.69, 9.17) is 11.6 Å². The van der Waals surface area contributed by atoms with Crippen LogP contribution in [0.4, 0.5) is 10.5 Å². The van der Waals surface area contributed by atoms with E-state index in [9.17, 15) is 9.59 Å². The zero-order valence-corrected chi connectivity index (χ0v) is 17.8. The van der Waals surface area contributed by atoms with Gasteiger partial charge in [0, 0.05) is 34.3 Å². The fraction of sp³-hybridized carbons (Fsp3) is 0.143. The molecule has 0 aromatic heterocycles. The zero-order valence-electron chi connectivity index (χ0n) is 15.4. The van der Waals surface area contributed by atoms with Crippen molar-refractivity contribution in [3.05, 3.63) is 65.7 Å². The fourth-order valence-electron chi connectivity index (χ4n) is 2.56. The number of thioether (sulfide) groups is 2. The average Bonchev–Trinajstić information content (AvgIpc) is 2.68. The lowest BCUT2D eigenvalue weighted by Gasteiger charge is -2.13. The Morgan fingerprint density at radius 2 is 1.64 bits per heavy atom. The maximum absolute atomic E-state index is 12.5. The number of fused-ring (bicyclic) bond motifs is 1. The maximum atomic E-state index is 12.5. The molecule has 28 heavy (non-hydrogen) atoms. The van der Waals surface area contributed by atoms with Crippen molar-refractivity contribution in [2.24, 2.45) is 0 Å². The monoisotopic (exact) mass is 430 g/mol. The third kappa shape index (κ3) is 5.01. The summed E-state index contributed by atoms with van der Waals surface area (Å²) in [6.07, 6.45) is 0. The summed E-state index contributed by atoms with van der Waals surface area (Å²) >= 11 is 8.87. The lowest BCUT2D eigenvalue weighted by Crippen LogP contribution is -2.17. The van der Waals surface area contributed by atoms with Gasteiger partial charge in [-0.3, -0.25) is 9.59 Å². The number of hydrogen-bond acceptors (Lipinski definition) is 4. The topological polar surface area (TPSA) is 49.4 Å². The molecule has 7 heteroatoms. The van der Waals surface area contributed by atoms with Crippen LogP contribution in [-0.4, -0.2) is 35.9 Å². The second-order valence-corrected chi connectivity index (χ2v) is 8.61. The molecule has 2 amide bonds. The molecule has 0 aliphatic carbocycles. The van der Waals surface area contributed by atoms with Gasteiger partial charge in [0.1, 0.15) is 0 Å². The number of benzene rings is 3. The van der Waals surface area contributed by atoms with E-state index in [2.05, 4.69) is 5.32 Å². The number of halogens is 1. The van der Waals surface area contributed by atoms with Crippen LogP contribution in [0.1, 0.15) is 0 Å². The molecule has 4 nitrogen and oxygen atoms in total. The van der Waals surface area contributed by atoms with E-state index in [1.54, 1.807) is 20.2 Å². The number of para-hydroxylation sites is 1. The number of carbonyl (C=O) groups is 2.